The Morgan fingerprint density at radius 1 is 0.867 bits per heavy atom. The number of nitrogens with zero attached hydrogens (tertiary/aromatic N) is 1. The van der Waals surface area contributed by atoms with Gasteiger partial charge in [-0.15, -0.1) is 0 Å². The van der Waals surface area contributed by atoms with Crippen LogP contribution in [0.4, 0.5) is 0 Å². The summed E-state index contributed by atoms with van der Waals surface area (Å²) in [6.45, 7) is 0. The summed E-state index contributed by atoms with van der Waals surface area (Å²) >= 11 is 0. The summed E-state index contributed by atoms with van der Waals surface area (Å²) in [6.07, 6.45) is 12.7. The molecule has 0 fully saturated rings. The minimum Gasteiger partial charge on any atom is -0.261 e. The van der Waals surface area contributed by atoms with Crippen LogP contribution in [0.25, 0.3) is 0 Å². The third-order valence-electron chi connectivity index (χ3n) is 2.18. The normalized spacial score (nSPS) is 14.5. The zero-order valence-corrected chi connectivity index (χ0v) is 8.51. The lowest BCUT2D eigenvalue weighted by Crippen LogP contribution is -1.98. The molecule has 0 saturated heterocycles. The monoisotopic (exact) mass is 195 g/mol. The Hall–Kier alpha value is -1.89. The molecule has 0 radical (unpaired) electrons. The van der Waals surface area contributed by atoms with E-state index in [-0.39, 0.29) is 0 Å². The zero-order valence-electron chi connectivity index (χ0n) is 8.51. The van der Waals surface area contributed by atoms with Crippen LogP contribution in [0.15, 0.2) is 71.9 Å². The van der Waals surface area contributed by atoms with E-state index in [0.717, 1.165) is 12.1 Å². The maximum absolute atomic E-state index is 4.38. The van der Waals surface area contributed by atoms with Crippen molar-refractivity contribution in [2.45, 2.75) is 6.42 Å². The fourth-order valence-corrected chi connectivity index (χ4v) is 1.44. The molecule has 1 nitrogen and oxygen atoms in total. The number of hydrogen-bond donors (Lipinski definition) is 0. The minimum atomic E-state index is 0.884. The highest BCUT2D eigenvalue weighted by molar-refractivity contribution is 5.97. The van der Waals surface area contributed by atoms with Gasteiger partial charge in [-0.3, -0.25) is 4.99 Å². The number of benzene rings is 1. The van der Waals surface area contributed by atoms with Gasteiger partial charge in [-0.1, -0.05) is 48.6 Å². The molecule has 0 aromatic heterocycles. The van der Waals surface area contributed by atoms with Gasteiger partial charge >= 0.3 is 0 Å². The van der Waals surface area contributed by atoms with Crippen molar-refractivity contribution in [2.24, 2.45) is 4.99 Å². The maximum Gasteiger partial charge on any atom is 0.0447 e. The summed E-state index contributed by atoms with van der Waals surface area (Å²) in [4.78, 5) is 4.38. The Morgan fingerprint density at radius 3 is 2.53 bits per heavy atom. The van der Waals surface area contributed by atoms with Crippen LogP contribution in [-0.4, -0.2) is 5.71 Å². The molecule has 0 N–H and O–H groups in total. The molecule has 1 aromatic rings. The predicted molar refractivity (Wildman–Crippen MR) is 65.0 cm³/mol. The van der Waals surface area contributed by atoms with Crippen LogP contribution in [0.3, 0.4) is 0 Å². The first-order valence-corrected chi connectivity index (χ1v) is 5.05. The van der Waals surface area contributed by atoms with Crippen molar-refractivity contribution in [3.63, 3.8) is 0 Å². The Kier molecular flexibility index (Phi) is 3.29. The SMILES string of the molecule is C1=CC=CC(Cc2ccccc2)=NC=C1. The number of aliphatic imine (C=N–C) groups is 1. The first kappa shape index (κ1) is 9.66. The van der Waals surface area contributed by atoms with Crippen LogP contribution in [0, 0.1) is 0 Å². The average molecular weight is 195 g/mol. The van der Waals surface area contributed by atoms with Crippen LogP contribution in [0.2, 0.25) is 0 Å². The van der Waals surface area contributed by atoms with Gasteiger partial charge in [0.2, 0.25) is 0 Å². The van der Waals surface area contributed by atoms with Gasteiger partial charge in [-0.2, -0.15) is 0 Å². The van der Waals surface area contributed by atoms with E-state index < -0.39 is 0 Å². The molecule has 0 aliphatic carbocycles. The van der Waals surface area contributed by atoms with Crippen molar-refractivity contribution in [3.05, 3.63) is 72.5 Å². The van der Waals surface area contributed by atoms with Gasteiger partial charge in [-0.05, 0) is 17.7 Å². The van der Waals surface area contributed by atoms with E-state index in [1.807, 2.05) is 42.6 Å². The largest absolute Gasteiger partial charge is 0.261 e. The van der Waals surface area contributed by atoms with Gasteiger partial charge in [0, 0.05) is 18.3 Å². The molecule has 0 atom stereocenters. The molecule has 74 valence electrons. The van der Waals surface area contributed by atoms with E-state index in [9.17, 15) is 0 Å². The highest BCUT2D eigenvalue weighted by Gasteiger charge is 1.96. The van der Waals surface area contributed by atoms with Crippen LogP contribution in [0.5, 0.6) is 0 Å². The zero-order chi connectivity index (χ0) is 10.3. The lowest BCUT2D eigenvalue weighted by molar-refractivity contribution is 1.31. The van der Waals surface area contributed by atoms with E-state index in [0.29, 0.717) is 0 Å². The standard InChI is InChI=1S/C14H13N/c1-2-7-11-15-14(10-6-1)12-13-8-4-3-5-9-13/h1-11H,12H2. The van der Waals surface area contributed by atoms with Crippen LogP contribution < -0.4 is 0 Å². The van der Waals surface area contributed by atoms with Crippen LogP contribution in [0.1, 0.15) is 5.56 Å². The third kappa shape index (κ3) is 3.06. The summed E-state index contributed by atoms with van der Waals surface area (Å²) in [5, 5.41) is 0. The summed E-state index contributed by atoms with van der Waals surface area (Å²) in [5.74, 6) is 0. The van der Waals surface area contributed by atoms with Gasteiger partial charge in [0.05, 0.1) is 0 Å². The van der Waals surface area contributed by atoms with Gasteiger partial charge in [0.1, 0.15) is 0 Å². The fraction of sp³-hybridized carbons (Fsp3) is 0.0714. The molecule has 0 spiro atoms. The number of hydrogen-bond acceptors (Lipinski definition) is 1. The van der Waals surface area contributed by atoms with Crippen molar-refractivity contribution >= 4 is 5.71 Å². The van der Waals surface area contributed by atoms with E-state index in [1.165, 1.54) is 5.56 Å². The Labute approximate surface area is 90.2 Å². The Balaban J connectivity index is 2.12. The second-order valence-electron chi connectivity index (χ2n) is 3.37. The summed E-state index contributed by atoms with van der Waals surface area (Å²) < 4.78 is 0. The minimum absolute atomic E-state index is 0.884. The highest BCUT2D eigenvalue weighted by Crippen LogP contribution is 2.03. The van der Waals surface area contributed by atoms with Gasteiger partial charge in [0.15, 0.2) is 0 Å². The molecule has 2 rings (SSSR count). The van der Waals surface area contributed by atoms with Crippen molar-refractivity contribution in [2.75, 3.05) is 0 Å². The van der Waals surface area contributed by atoms with Gasteiger partial charge in [-0.25, -0.2) is 0 Å². The molecule has 0 amide bonds. The van der Waals surface area contributed by atoms with Gasteiger partial charge < -0.3 is 0 Å². The van der Waals surface area contributed by atoms with E-state index in [4.69, 9.17) is 0 Å². The Morgan fingerprint density at radius 2 is 1.67 bits per heavy atom. The number of allylic oxidation sites excluding steroid dienone is 5. The van der Waals surface area contributed by atoms with E-state index in [2.05, 4.69) is 29.3 Å². The average Bonchev–Trinajstić information content (AvgIpc) is 2.23. The second kappa shape index (κ2) is 5.11. The predicted octanol–water partition coefficient (Wildman–Crippen LogP) is 3.31. The first-order chi connectivity index (χ1) is 7.45. The maximum atomic E-state index is 4.38. The molecule has 1 heteroatoms. The third-order valence-corrected chi connectivity index (χ3v) is 2.18. The summed E-state index contributed by atoms with van der Waals surface area (Å²) in [6, 6.07) is 10.4. The van der Waals surface area contributed by atoms with Crippen molar-refractivity contribution in [1.29, 1.82) is 0 Å². The van der Waals surface area contributed by atoms with Crippen molar-refractivity contribution in [1.82, 2.24) is 0 Å². The molecule has 0 saturated carbocycles. The van der Waals surface area contributed by atoms with Crippen LogP contribution in [-0.2, 0) is 6.42 Å². The van der Waals surface area contributed by atoms with Crippen molar-refractivity contribution < 1.29 is 0 Å². The highest BCUT2D eigenvalue weighted by atomic mass is 14.7. The lowest BCUT2D eigenvalue weighted by Gasteiger charge is -2.01. The fourth-order valence-electron chi connectivity index (χ4n) is 1.44. The van der Waals surface area contributed by atoms with Crippen molar-refractivity contribution in [3.8, 4) is 0 Å². The summed E-state index contributed by atoms with van der Waals surface area (Å²) in [7, 11) is 0. The lowest BCUT2D eigenvalue weighted by atomic mass is 10.1. The van der Waals surface area contributed by atoms with E-state index in [1.54, 1.807) is 0 Å². The molecule has 15 heavy (non-hydrogen) atoms. The smallest absolute Gasteiger partial charge is 0.0447 e. The molecule has 0 bridgehead atoms. The summed E-state index contributed by atoms with van der Waals surface area (Å²) in [5.41, 5.74) is 2.38. The quantitative estimate of drug-likeness (QED) is 0.686. The number of rotatable bonds is 2. The van der Waals surface area contributed by atoms with E-state index >= 15 is 0 Å². The molecule has 0 unspecified atom stereocenters. The van der Waals surface area contributed by atoms with Gasteiger partial charge in [0.25, 0.3) is 0 Å². The first-order valence-electron chi connectivity index (χ1n) is 5.05. The Bertz CT molecular complexity index is 422. The molecular formula is C14H13N. The molecule has 1 heterocycles. The molecule has 1 aliphatic rings. The van der Waals surface area contributed by atoms with Crippen LogP contribution >= 0.6 is 0 Å². The second-order valence-corrected chi connectivity index (χ2v) is 3.37. The molecule has 1 aromatic carbocycles. The molecule has 1 aliphatic heterocycles. The topological polar surface area (TPSA) is 12.4 Å². The molecular weight excluding hydrogens is 182 g/mol.